The Balaban J connectivity index is 1.43. The Morgan fingerprint density at radius 3 is 2.45 bits per heavy atom. The molecule has 1 aliphatic heterocycles. The van der Waals surface area contributed by atoms with Gasteiger partial charge in [-0.15, -0.1) is 0 Å². The van der Waals surface area contributed by atoms with Gasteiger partial charge in [-0.05, 0) is 44.2 Å². The average molecular weight is 447 g/mol. The van der Waals surface area contributed by atoms with E-state index >= 15 is 0 Å². The molecule has 1 saturated carbocycles. The van der Waals surface area contributed by atoms with Crippen molar-refractivity contribution >= 4 is 34.6 Å². The highest BCUT2D eigenvalue weighted by Gasteiger charge is 2.20. The molecule has 3 heterocycles. The number of carbonyl (C=O) groups is 1. The maximum Gasteiger partial charge on any atom is 0.229 e. The maximum atomic E-state index is 12.7. The van der Waals surface area contributed by atoms with Crippen LogP contribution in [0.4, 0.5) is 17.3 Å². The number of fused-ring (bicyclic) bond motifs is 1. The van der Waals surface area contributed by atoms with E-state index in [1.807, 2.05) is 16.7 Å². The topological polar surface area (TPSA) is 83.4 Å². The summed E-state index contributed by atoms with van der Waals surface area (Å²) in [5, 5.41) is 3.67. The normalized spacial score (nSPS) is 17.9. The van der Waals surface area contributed by atoms with E-state index in [4.69, 9.17) is 4.98 Å². The van der Waals surface area contributed by atoms with Gasteiger partial charge >= 0.3 is 0 Å². The van der Waals surface area contributed by atoms with Crippen molar-refractivity contribution in [1.82, 2.24) is 19.4 Å². The van der Waals surface area contributed by atoms with Crippen molar-refractivity contribution in [2.45, 2.75) is 38.1 Å². The molecule has 1 aliphatic carbocycles. The van der Waals surface area contributed by atoms with Crippen LogP contribution in [0.1, 0.15) is 48.5 Å². The summed E-state index contributed by atoms with van der Waals surface area (Å²) in [4.78, 5) is 38.0. The van der Waals surface area contributed by atoms with E-state index in [1.165, 1.54) is 18.3 Å². The van der Waals surface area contributed by atoms with Gasteiger partial charge in [0, 0.05) is 56.0 Å². The standard InChI is InChI=1S/C25H30N6O2/c1-29-11-13-30(14-12-29)20-9-7-19(8-10-20)27-25-26-15-22-23(33)18(17-32)16-31(24(22)28-25)21-5-3-2-4-6-21/h7-10,15-17,21H,2-6,11-14H2,1H3,(H,26,27,28). The predicted molar refractivity (Wildman–Crippen MR) is 131 cm³/mol. The van der Waals surface area contributed by atoms with E-state index in [2.05, 4.69) is 39.3 Å². The fourth-order valence-electron chi connectivity index (χ4n) is 4.89. The number of aromatic nitrogens is 3. The second-order valence-electron chi connectivity index (χ2n) is 9.12. The summed E-state index contributed by atoms with van der Waals surface area (Å²) in [6.45, 7) is 4.19. The summed E-state index contributed by atoms with van der Waals surface area (Å²) in [7, 11) is 2.15. The number of hydrogen-bond donors (Lipinski definition) is 1. The number of aldehydes is 1. The molecule has 1 N–H and O–H groups in total. The molecule has 172 valence electrons. The van der Waals surface area contributed by atoms with Crippen LogP contribution >= 0.6 is 0 Å². The number of likely N-dealkylation sites (N-methyl/N-ethyl adjacent to an activating group) is 1. The van der Waals surface area contributed by atoms with Crippen LogP contribution in [0.15, 0.2) is 41.5 Å². The summed E-state index contributed by atoms with van der Waals surface area (Å²) in [5.41, 5.74) is 2.54. The highest BCUT2D eigenvalue weighted by atomic mass is 16.1. The first-order valence-corrected chi connectivity index (χ1v) is 11.8. The van der Waals surface area contributed by atoms with Crippen LogP contribution in [0.2, 0.25) is 0 Å². The third-order valence-electron chi connectivity index (χ3n) is 6.89. The monoisotopic (exact) mass is 446 g/mol. The minimum atomic E-state index is -0.310. The van der Waals surface area contributed by atoms with Gasteiger partial charge in [0.2, 0.25) is 11.4 Å². The second kappa shape index (κ2) is 9.31. The highest BCUT2D eigenvalue weighted by Crippen LogP contribution is 2.30. The smallest absolute Gasteiger partial charge is 0.229 e. The van der Waals surface area contributed by atoms with E-state index in [-0.39, 0.29) is 17.0 Å². The van der Waals surface area contributed by atoms with Crippen LogP contribution in [-0.4, -0.2) is 58.9 Å². The van der Waals surface area contributed by atoms with Crippen molar-refractivity contribution in [2.24, 2.45) is 0 Å². The number of rotatable bonds is 5. The Kier molecular flexibility index (Phi) is 6.09. The molecule has 1 aromatic carbocycles. The zero-order valence-electron chi connectivity index (χ0n) is 19.0. The molecule has 3 aromatic rings. The zero-order chi connectivity index (χ0) is 22.8. The number of benzene rings is 1. The van der Waals surface area contributed by atoms with Crippen LogP contribution in [-0.2, 0) is 0 Å². The van der Waals surface area contributed by atoms with Gasteiger partial charge in [-0.1, -0.05) is 19.3 Å². The molecule has 2 aliphatic rings. The minimum Gasteiger partial charge on any atom is -0.369 e. The lowest BCUT2D eigenvalue weighted by Crippen LogP contribution is -2.44. The molecular weight excluding hydrogens is 416 g/mol. The van der Waals surface area contributed by atoms with Gasteiger partial charge in [0.25, 0.3) is 0 Å². The van der Waals surface area contributed by atoms with Gasteiger partial charge in [0.05, 0.1) is 10.9 Å². The molecule has 0 radical (unpaired) electrons. The molecule has 8 nitrogen and oxygen atoms in total. The third kappa shape index (κ3) is 4.48. The Labute approximate surface area is 193 Å². The van der Waals surface area contributed by atoms with Crippen LogP contribution in [0.3, 0.4) is 0 Å². The highest BCUT2D eigenvalue weighted by molar-refractivity contribution is 5.84. The number of nitrogens with zero attached hydrogens (tertiary/aromatic N) is 5. The summed E-state index contributed by atoms with van der Waals surface area (Å²) < 4.78 is 2.02. The zero-order valence-corrected chi connectivity index (χ0v) is 19.0. The van der Waals surface area contributed by atoms with Crippen LogP contribution in [0, 0.1) is 0 Å². The van der Waals surface area contributed by atoms with Crippen molar-refractivity contribution in [3.05, 3.63) is 52.4 Å². The number of anilines is 3. The molecule has 0 unspecified atom stereocenters. The van der Waals surface area contributed by atoms with Crippen molar-refractivity contribution in [3.8, 4) is 0 Å². The van der Waals surface area contributed by atoms with E-state index in [9.17, 15) is 9.59 Å². The van der Waals surface area contributed by atoms with Crippen molar-refractivity contribution in [3.63, 3.8) is 0 Å². The van der Waals surface area contributed by atoms with Crippen LogP contribution in [0.25, 0.3) is 11.0 Å². The van der Waals surface area contributed by atoms with Crippen molar-refractivity contribution in [1.29, 1.82) is 0 Å². The minimum absolute atomic E-state index is 0.164. The van der Waals surface area contributed by atoms with Gasteiger partial charge in [0.1, 0.15) is 5.65 Å². The lowest BCUT2D eigenvalue weighted by Gasteiger charge is -2.34. The molecule has 33 heavy (non-hydrogen) atoms. The fraction of sp³-hybridized carbons (Fsp3) is 0.440. The Morgan fingerprint density at radius 2 is 1.76 bits per heavy atom. The van der Waals surface area contributed by atoms with Gasteiger partial charge in [-0.25, -0.2) is 4.98 Å². The van der Waals surface area contributed by atoms with Gasteiger partial charge in [-0.3, -0.25) is 9.59 Å². The number of pyridine rings is 1. The summed E-state index contributed by atoms with van der Waals surface area (Å²) in [5.74, 6) is 0.442. The maximum absolute atomic E-state index is 12.7. The number of nitrogens with one attached hydrogen (secondary N) is 1. The Bertz CT molecular complexity index is 1190. The summed E-state index contributed by atoms with van der Waals surface area (Å²) in [6, 6.07) is 8.54. The quantitative estimate of drug-likeness (QED) is 0.600. The first kappa shape index (κ1) is 21.6. The number of piperazine rings is 1. The van der Waals surface area contributed by atoms with Crippen LogP contribution in [0.5, 0.6) is 0 Å². The average Bonchev–Trinajstić information content (AvgIpc) is 2.86. The summed E-state index contributed by atoms with van der Waals surface area (Å²) in [6.07, 6.45) is 9.41. The third-order valence-corrected chi connectivity index (χ3v) is 6.89. The first-order chi connectivity index (χ1) is 16.1. The summed E-state index contributed by atoms with van der Waals surface area (Å²) >= 11 is 0. The van der Waals surface area contributed by atoms with Crippen molar-refractivity contribution in [2.75, 3.05) is 43.4 Å². The number of carbonyl (C=O) groups excluding carboxylic acids is 1. The lowest BCUT2D eigenvalue weighted by atomic mass is 9.95. The lowest BCUT2D eigenvalue weighted by molar-refractivity contribution is 0.112. The molecular formula is C25H30N6O2. The van der Waals surface area contributed by atoms with E-state index < -0.39 is 0 Å². The van der Waals surface area contributed by atoms with Crippen molar-refractivity contribution < 1.29 is 4.79 Å². The largest absolute Gasteiger partial charge is 0.369 e. The molecule has 0 amide bonds. The predicted octanol–water partition coefficient (Wildman–Crippen LogP) is 3.60. The molecule has 8 heteroatoms. The van der Waals surface area contributed by atoms with Gasteiger partial charge < -0.3 is 19.7 Å². The molecule has 1 saturated heterocycles. The first-order valence-electron chi connectivity index (χ1n) is 11.8. The second-order valence-corrected chi connectivity index (χ2v) is 9.12. The molecule has 5 rings (SSSR count). The molecule has 0 spiro atoms. The number of hydrogen-bond acceptors (Lipinski definition) is 7. The van der Waals surface area contributed by atoms with Crippen LogP contribution < -0.4 is 15.6 Å². The van der Waals surface area contributed by atoms with Gasteiger partial charge in [0.15, 0.2) is 6.29 Å². The SMILES string of the molecule is CN1CCN(c2ccc(Nc3ncc4c(=O)c(C=O)cn(C5CCCCC5)c4n3)cc2)CC1. The van der Waals surface area contributed by atoms with E-state index in [0.717, 1.165) is 57.5 Å². The molecule has 0 bridgehead atoms. The Morgan fingerprint density at radius 1 is 1.03 bits per heavy atom. The Hall–Kier alpha value is -3.26. The van der Waals surface area contributed by atoms with E-state index in [1.54, 1.807) is 6.20 Å². The van der Waals surface area contributed by atoms with E-state index in [0.29, 0.717) is 23.3 Å². The molecule has 2 fully saturated rings. The molecule has 2 aromatic heterocycles. The fourth-order valence-corrected chi connectivity index (χ4v) is 4.89. The van der Waals surface area contributed by atoms with Gasteiger partial charge in [-0.2, -0.15) is 4.98 Å². The molecule has 0 atom stereocenters.